The predicted octanol–water partition coefficient (Wildman–Crippen LogP) is 3.77. The summed E-state index contributed by atoms with van der Waals surface area (Å²) >= 11 is 3.09. The Balaban J connectivity index is 2.29. The maximum Gasteiger partial charge on any atom is 0.266 e. The summed E-state index contributed by atoms with van der Waals surface area (Å²) in [4.78, 5) is 16.0. The first kappa shape index (κ1) is 15.2. The summed E-state index contributed by atoms with van der Waals surface area (Å²) in [5.41, 5.74) is -0.370. The van der Waals surface area contributed by atoms with Crippen molar-refractivity contribution in [1.82, 2.24) is 4.98 Å². The number of alkyl halides is 2. The van der Waals surface area contributed by atoms with Gasteiger partial charge in [0, 0.05) is 17.5 Å². The van der Waals surface area contributed by atoms with E-state index >= 15 is 0 Å². The number of nitrogens with one attached hydrogen (secondary N) is 1. The average molecular weight is 349 g/mol. The van der Waals surface area contributed by atoms with E-state index in [0.717, 1.165) is 12.5 Å². The van der Waals surface area contributed by atoms with E-state index in [2.05, 4.69) is 26.2 Å². The number of ether oxygens (including phenoxy) is 1. The fourth-order valence-corrected chi connectivity index (χ4v) is 2.54. The van der Waals surface area contributed by atoms with Gasteiger partial charge >= 0.3 is 0 Å². The molecular weight excluding hydrogens is 334 g/mol. The number of methoxy groups -OCH3 is 1. The number of carbonyl (C=O) groups is 1. The van der Waals surface area contributed by atoms with Crippen LogP contribution in [0.1, 0.15) is 32.3 Å². The first-order chi connectivity index (χ1) is 9.26. The Labute approximate surface area is 124 Å². The van der Waals surface area contributed by atoms with Gasteiger partial charge < -0.3 is 10.1 Å². The molecule has 1 fully saturated rings. The van der Waals surface area contributed by atoms with E-state index in [-0.39, 0.29) is 39.0 Å². The number of anilines is 1. The number of hydrogen-bond acceptors (Lipinski definition) is 3. The van der Waals surface area contributed by atoms with Gasteiger partial charge in [0.1, 0.15) is 4.60 Å². The van der Waals surface area contributed by atoms with Gasteiger partial charge in [0.2, 0.25) is 11.8 Å². The van der Waals surface area contributed by atoms with Crippen molar-refractivity contribution in [3.8, 4) is 5.88 Å². The number of aromatic nitrogens is 1. The molecule has 0 aromatic carbocycles. The number of pyridine rings is 1. The lowest BCUT2D eigenvalue weighted by Gasteiger charge is -2.14. The molecule has 1 saturated carbocycles. The molecule has 1 aliphatic rings. The molecule has 1 aromatic heterocycles. The Morgan fingerprint density at radius 3 is 2.65 bits per heavy atom. The number of hydrogen-bond donors (Lipinski definition) is 1. The minimum absolute atomic E-state index is 0.00787. The van der Waals surface area contributed by atoms with Crippen LogP contribution in [0, 0.1) is 11.3 Å². The molecule has 0 radical (unpaired) electrons. The lowest BCUT2D eigenvalue weighted by molar-refractivity contribution is -0.118. The number of amides is 1. The highest BCUT2D eigenvalue weighted by Crippen LogP contribution is 2.52. The van der Waals surface area contributed by atoms with Crippen molar-refractivity contribution in [2.75, 3.05) is 12.4 Å². The van der Waals surface area contributed by atoms with Crippen LogP contribution in [0.3, 0.4) is 0 Å². The average Bonchev–Trinajstić information content (AvgIpc) is 3.00. The third-order valence-electron chi connectivity index (χ3n) is 3.50. The maximum atomic E-state index is 13.1. The van der Waals surface area contributed by atoms with Crippen LogP contribution in [-0.2, 0) is 4.79 Å². The quantitative estimate of drug-likeness (QED) is 0.842. The number of halogens is 3. The van der Waals surface area contributed by atoms with E-state index in [9.17, 15) is 13.6 Å². The highest BCUT2D eigenvalue weighted by Gasteiger charge is 2.50. The van der Waals surface area contributed by atoms with Crippen molar-refractivity contribution < 1.29 is 18.3 Å². The third kappa shape index (κ3) is 2.92. The van der Waals surface area contributed by atoms with E-state index < -0.39 is 6.43 Å². The largest absolute Gasteiger partial charge is 0.481 e. The van der Waals surface area contributed by atoms with Crippen LogP contribution in [0.25, 0.3) is 0 Å². The molecule has 1 aromatic rings. The molecule has 7 heteroatoms. The summed E-state index contributed by atoms with van der Waals surface area (Å²) in [6, 6.07) is 1.13. The van der Waals surface area contributed by atoms with Crippen LogP contribution in [0.2, 0.25) is 0 Å². The van der Waals surface area contributed by atoms with Gasteiger partial charge in [-0.1, -0.05) is 13.8 Å². The van der Waals surface area contributed by atoms with Crippen molar-refractivity contribution in [2.24, 2.45) is 11.3 Å². The first-order valence-electron chi connectivity index (χ1n) is 6.09. The number of nitrogens with zero attached hydrogens (tertiary/aromatic N) is 1. The SMILES string of the molecule is COc1cc(C(F)F)c(NC(=O)[C@H]2CC2(C)C)c(Br)n1. The zero-order valence-corrected chi connectivity index (χ0v) is 12.9. The van der Waals surface area contributed by atoms with Crippen LogP contribution in [0.4, 0.5) is 14.5 Å². The second-order valence-electron chi connectivity index (χ2n) is 5.45. The molecule has 0 unspecified atom stereocenters. The molecule has 0 spiro atoms. The van der Waals surface area contributed by atoms with E-state index in [1.165, 1.54) is 7.11 Å². The molecule has 20 heavy (non-hydrogen) atoms. The normalized spacial score (nSPS) is 19.9. The second-order valence-corrected chi connectivity index (χ2v) is 6.21. The van der Waals surface area contributed by atoms with E-state index in [4.69, 9.17) is 4.74 Å². The molecule has 0 aliphatic heterocycles. The van der Waals surface area contributed by atoms with Gasteiger partial charge in [-0.15, -0.1) is 0 Å². The van der Waals surface area contributed by atoms with Crippen molar-refractivity contribution >= 4 is 27.5 Å². The molecule has 4 nitrogen and oxygen atoms in total. The molecule has 2 rings (SSSR count). The van der Waals surface area contributed by atoms with Crippen LogP contribution in [-0.4, -0.2) is 18.0 Å². The lowest BCUT2D eigenvalue weighted by atomic mass is 10.1. The Bertz CT molecular complexity index is 549. The summed E-state index contributed by atoms with van der Waals surface area (Å²) in [5, 5.41) is 2.55. The van der Waals surface area contributed by atoms with Gasteiger partial charge in [-0.05, 0) is 27.8 Å². The molecule has 1 aliphatic carbocycles. The van der Waals surface area contributed by atoms with Crippen molar-refractivity contribution in [2.45, 2.75) is 26.7 Å². The number of rotatable bonds is 4. The monoisotopic (exact) mass is 348 g/mol. The molecular formula is C13H15BrF2N2O2. The Kier molecular flexibility index (Phi) is 4.00. The summed E-state index contributed by atoms with van der Waals surface area (Å²) in [5.74, 6) is -0.344. The summed E-state index contributed by atoms with van der Waals surface area (Å²) < 4.78 is 31.2. The minimum atomic E-state index is -2.73. The molecule has 0 saturated heterocycles. The maximum absolute atomic E-state index is 13.1. The van der Waals surface area contributed by atoms with Gasteiger partial charge in [0.25, 0.3) is 6.43 Å². The molecule has 1 amide bonds. The smallest absolute Gasteiger partial charge is 0.266 e. The predicted molar refractivity (Wildman–Crippen MR) is 74.0 cm³/mol. The van der Waals surface area contributed by atoms with Gasteiger partial charge in [-0.25, -0.2) is 13.8 Å². The molecule has 1 heterocycles. The second kappa shape index (κ2) is 5.27. The van der Waals surface area contributed by atoms with Crippen molar-refractivity contribution in [3.63, 3.8) is 0 Å². The first-order valence-corrected chi connectivity index (χ1v) is 6.89. The zero-order valence-electron chi connectivity index (χ0n) is 11.3. The highest BCUT2D eigenvalue weighted by molar-refractivity contribution is 9.10. The summed E-state index contributed by atoms with van der Waals surface area (Å²) in [6.07, 6.45) is -1.98. The topological polar surface area (TPSA) is 51.2 Å². The van der Waals surface area contributed by atoms with Crippen LogP contribution >= 0.6 is 15.9 Å². The molecule has 0 bridgehead atoms. The van der Waals surface area contributed by atoms with Gasteiger partial charge in [-0.2, -0.15) is 0 Å². The zero-order chi connectivity index (χ0) is 15.1. The van der Waals surface area contributed by atoms with E-state index in [1.807, 2.05) is 13.8 Å². The standard InChI is InChI=1S/C13H15BrF2N2O2/c1-13(2)5-7(13)12(19)18-9-6(11(15)16)4-8(20-3)17-10(9)14/h4,7,11H,5H2,1-3H3,(H,18,19)/t7-/m1/s1. The lowest BCUT2D eigenvalue weighted by Crippen LogP contribution is -2.18. The van der Waals surface area contributed by atoms with Crippen LogP contribution < -0.4 is 10.1 Å². The Morgan fingerprint density at radius 2 is 2.20 bits per heavy atom. The third-order valence-corrected chi connectivity index (χ3v) is 4.08. The Hall–Kier alpha value is -1.24. The van der Waals surface area contributed by atoms with Gasteiger partial charge in [0.15, 0.2) is 0 Å². The van der Waals surface area contributed by atoms with E-state index in [0.29, 0.717) is 0 Å². The minimum Gasteiger partial charge on any atom is -0.481 e. The fraction of sp³-hybridized carbons (Fsp3) is 0.538. The molecule has 1 atom stereocenters. The highest BCUT2D eigenvalue weighted by atomic mass is 79.9. The molecule has 110 valence electrons. The summed E-state index contributed by atoms with van der Waals surface area (Å²) in [7, 11) is 1.34. The van der Waals surface area contributed by atoms with Gasteiger partial charge in [-0.3, -0.25) is 4.79 Å². The fourth-order valence-electron chi connectivity index (χ4n) is 2.03. The van der Waals surface area contributed by atoms with Crippen LogP contribution in [0.15, 0.2) is 10.7 Å². The number of carbonyl (C=O) groups excluding carboxylic acids is 1. The van der Waals surface area contributed by atoms with Crippen molar-refractivity contribution in [3.05, 3.63) is 16.2 Å². The molecule has 1 N–H and O–H groups in total. The van der Waals surface area contributed by atoms with Crippen molar-refractivity contribution in [1.29, 1.82) is 0 Å². The summed E-state index contributed by atoms with van der Waals surface area (Å²) in [6.45, 7) is 3.93. The Morgan fingerprint density at radius 1 is 1.60 bits per heavy atom. The van der Waals surface area contributed by atoms with Crippen LogP contribution in [0.5, 0.6) is 5.88 Å². The van der Waals surface area contributed by atoms with Gasteiger partial charge in [0.05, 0.1) is 12.8 Å². The van der Waals surface area contributed by atoms with E-state index in [1.54, 1.807) is 0 Å².